The number of hydrogen-bond donors (Lipinski definition) is 2. The van der Waals surface area contributed by atoms with Crippen LogP contribution >= 0.6 is 0 Å². The summed E-state index contributed by atoms with van der Waals surface area (Å²) in [5, 5.41) is 23.7. The van der Waals surface area contributed by atoms with Crippen molar-refractivity contribution < 1.29 is 14.8 Å². The highest BCUT2D eigenvalue weighted by atomic mass is 16.6. The number of carbonyl (C=O) groups is 1. The fraction of sp³-hybridized carbons (Fsp3) is 0.650. The first-order valence-corrected chi connectivity index (χ1v) is 9.74. The lowest BCUT2D eigenvalue weighted by Gasteiger charge is -2.08. The van der Waals surface area contributed by atoms with Crippen LogP contribution in [0.3, 0.4) is 0 Å². The van der Waals surface area contributed by atoms with Crippen LogP contribution in [0.4, 0.5) is 5.69 Å². The van der Waals surface area contributed by atoms with Gasteiger partial charge in [-0.15, -0.1) is 0 Å². The number of phenols is 1. The number of carbonyl (C=O) groups excluding carboxylic acids is 1. The number of hydrogen-bond acceptors (Lipinski definition) is 4. The summed E-state index contributed by atoms with van der Waals surface area (Å²) in [4.78, 5) is 22.6. The summed E-state index contributed by atoms with van der Waals surface area (Å²) < 4.78 is 0. The molecule has 1 rings (SSSR count). The number of rotatable bonds is 13. The van der Waals surface area contributed by atoms with Crippen LogP contribution in [0.2, 0.25) is 0 Å². The molecule has 1 aromatic rings. The first-order valence-electron chi connectivity index (χ1n) is 9.74. The Morgan fingerprint density at radius 2 is 1.58 bits per heavy atom. The summed E-state index contributed by atoms with van der Waals surface area (Å²) in [5.41, 5.74) is -0.237. The average Bonchev–Trinajstić information content (AvgIpc) is 2.61. The second kappa shape index (κ2) is 12.3. The number of benzene rings is 1. The van der Waals surface area contributed by atoms with E-state index in [4.69, 9.17) is 0 Å². The van der Waals surface area contributed by atoms with Gasteiger partial charge in [0.25, 0.3) is 5.91 Å². The van der Waals surface area contributed by atoms with Crippen LogP contribution in [0.1, 0.15) is 87.1 Å². The second-order valence-electron chi connectivity index (χ2n) is 6.82. The van der Waals surface area contributed by atoms with Crippen LogP contribution in [0.5, 0.6) is 5.75 Å². The van der Waals surface area contributed by atoms with Crippen molar-refractivity contribution >= 4 is 11.6 Å². The van der Waals surface area contributed by atoms with E-state index in [1.165, 1.54) is 57.1 Å². The van der Waals surface area contributed by atoms with Gasteiger partial charge in [-0.2, -0.15) is 0 Å². The largest absolute Gasteiger partial charge is 0.502 e. The van der Waals surface area contributed by atoms with Crippen LogP contribution < -0.4 is 5.32 Å². The Labute approximate surface area is 156 Å². The molecule has 6 nitrogen and oxygen atoms in total. The Kier molecular flexibility index (Phi) is 10.4. The normalized spacial score (nSPS) is 10.7. The van der Waals surface area contributed by atoms with Gasteiger partial charge in [-0.05, 0) is 25.0 Å². The lowest BCUT2D eigenvalue weighted by molar-refractivity contribution is -0.386. The van der Waals surface area contributed by atoms with Crippen LogP contribution in [0, 0.1) is 17.0 Å². The quantitative estimate of drug-likeness (QED) is 0.284. The van der Waals surface area contributed by atoms with Gasteiger partial charge in [0.05, 0.1) is 4.92 Å². The van der Waals surface area contributed by atoms with Crippen molar-refractivity contribution in [2.75, 3.05) is 6.54 Å². The maximum absolute atomic E-state index is 12.2. The average molecular weight is 364 g/mol. The third kappa shape index (κ3) is 7.42. The Hall–Kier alpha value is -2.11. The van der Waals surface area contributed by atoms with E-state index in [2.05, 4.69) is 12.2 Å². The molecule has 0 aliphatic heterocycles. The van der Waals surface area contributed by atoms with E-state index in [0.29, 0.717) is 12.1 Å². The van der Waals surface area contributed by atoms with Gasteiger partial charge in [-0.25, -0.2) is 0 Å². The lowest BCUT2D eigenvalue weighted by atomic mass is 10.1. The van der Waals surface area contributed by atoms with Gasteiger partial charge in [0, 0.05) is 6.54 Å². The highest BCUT2D eigenvalue weighted by Gasteiger charge is 2.25. The summed E-state index contributed by atoms with van der Waals surface area (Å²) >= 11 is 0. The highest BCUT2D eigenvalue weighted by molar-refractivity contribution is 5.99. The van der Waals surface area contributed by atoms with Crippen LogP contribution in [-0.2, 0) is 0 Å². The molecule has 0 radical (unpaired) electrons. The molecule has 0 aromatic heterocycles. The van der Waals surface area contributed by atoms with E-state index in [1.807, 2.05) is 0 Å². The Morgan fingerprint density at radius 1 is 1.04 bits per heavy atom. The summed E-state index contributed by atoms with van der Waals surface area (Å²) in [7, 11) is 0. The smallest absolute Gasteiger partial charge is 0.323 e. The number of phenolic OH excluding ortho intramolecular Hbond substituents is 1. The molecular weight excluding hydrogens is 332 g/mol. The molecule has 2 N–H and O–H groups in total. The first-order chi connectivity index (χ1) is 12.5. The number of nitrogens with zero attached hydrogens (tertiary/aromatic N) is 1. The van der Waals surface area contributed by atoms with Gasteiger partial charge < -0.3 is 10.4 Å². The molecule has 0 heterocycles. The third-order valence-corrected chi connectivity index (χ3v) is 4.60. The van der Waals surface area contributed by atoms with E-state index >= 15 is 0 Å². The van der Waals surface area contributed by atoms with E-state index in [-0.39, 0.29) is 5.56 Å². The number of nitrogens with one attached hydrogen (secondary N) is 1. The van der Waals surface area contributed by atoms with Gasteiger partial charge in [0.1, 0.15) is 5.56 Å². The van der Waals surface area contributed by atoms with Gasteiger partial charge in [0.15, 0.2) is 5.75 Å². The summed E-state index contributed by atoms with van der Waals surface area (Å²) in [6.45, 7) is 4.27. The minimum atomic E-state index is -0.711. The number of nitro groups is 1. The topological polar surface area (TPSA) is 92.5 Å². The Morgan fingerprint density at radius 3 is 2.12 bits per heavy atom. The summed E-state index contributed by atoms with van der Waals surface area (Å²) in [5.74, 6) is -0.954. The molecule has 0 unspecified atom stereocenters. The van der Waals surface area contributed by atoms with Crippen molar-refractivity contribution in [3.63, 3.8) is 0 Å². The molecule has 0 bridgehead atoms. The molecule has 0 spiro atoms. The van der Waals surface area contributed by atoms with Crippen LogP contribution in [-0.4, -0.2) is 22.5 Å². The number of aromatic hydroxyl groups is 1. The highest BCUT2D eigenvalue weighted by Crippen LogP contribution is 2.32. The summed E-state index contributed by atoms with van der Waals surface area (Å²) in [6, 6.07) is 2.90. The van der Waals surface area contributed by atoms with Crippen molar-refractivity contribution in [2.24, 2.45) is 0 Å². The lowest BCUT2D eigenvalue weighted by Crippen LogP contribution is -2.25. The SMILES string of the molecule is CCCCCCCCCCCCNC(=O)c1ccc(C)c(O)c1[N+](=O)[O-]. The third-order valence-electron chi connectivity index (χ3n) is 4.60. The summed E-state index contributed by atoms with van der Waals surface area (Å²) in [6.07, 6.45) is 12.1. The molecule has 26 heavy (non-hydrogen) atoms. The number of unbranched alkanes of at least 4 members (excludes halogenated alkanes) is 9. The van der Waals surface area contributed by atoms with Crippen molar-refractivity contribution in [3.8, 4) is 5.75 Å². The molecule has 0 fully saturated rings. The van der Waals surface area contributed by atoms with Crippen molar-refractivity contribution in [3.05, 3.63) is 33.4 Å². The number of nitro benzene ring substituents is 1. The van der Waals surface area contributed by atoms with Gasteiger partial charge >= 0.3 is 5.69 Å². The van der Waals surface area contributed by atoms with Crippen molar-refractivity contribution in [1.29, 1.82) is 0 Å². The molecular formula is C20H32N2O4. The number of aryl methyl sites for hydroxylation is 1. The van der Waals surface area contributed by atoms with E-state index in [0.717, 1.165) is 19.3 Å². The zero-order chi connectivity index (χ0) is 19.4. The van der Waals surface area contributed by atoms with E-state index < -0.39 is 22.3 Å². The molecule has 0 aliphatic rings. The Balaban J connectivity index is 2.25. The molecule has 0 aliphatic carbocycles. The zero-order valence-corrected chi connectivity index (χ0v) is 16.1. The molecule has 146 valence electrons. The monoisotopic (exact) mass is 364 g/mol. The fourth-order valence-electron chi connectivity index (χ4n) is 2.96. The maximum Gasteiger partial charge on any atom is 0.323 e. The van der Waals surface area contributed by atoms with E-state index in [9.17, 15) is 20.0 Å². The van der Waals surface area contributed by atoms with Crippen LogP contribution in [0.15, 0.2) is 12.1 Å². The predicted octanol–water partition coefficient (Wildman–Crippen LogP) is 5.26. The standard InChI is InChI=1S/C20H32N2O4/c1-3-4-5-6-7-8-9-10-11-12-15-21-20(24)17-14-13-16(2)19(23)18(17)22(25)26/h13-14,23H,3-12,15H2,1-2H3,(H,21,24). The number of amides is 1. The molecule has 6 heteroatoms. The van der Waals surface area contributed by atoms with Gasteiger partial charge in [-0.3, -0.25) is 14.9 Å². The minimum absolute atomic E-state index is 0.0924. The van der Waals surface area contributed by atoms with Gasteiger partial charge in [-0.1, -0.05) is 70.8 Å². The van der Waals surface area contributed by atoms with E-state index in [1.54, 1.807) is 6.92 Å². The second-order valence-corrected chi connectivity index (χ2v) is 6.82. The van der Waals surface area contributed by atoms with Crippen molar-refractivity contribution in [1.82, 2.24) is 5.32 Å². The zero-order valence-electron chi connectivity index (χ0n) is 16.1. The molecule has 0 atom stereocenters. The fourth-order valence-corrected chi connectivity index (χ4v) is 2.96. The first kappa shape index (κ1) is 21.9. The Bertz CT molecular complexity index is 587. The molecule has 0 saturated carbocycles. The van der Waals surface area contributed by atoms with Crippen LogP contribution in [0.25, 0.3) is 0 Å². The predicted molar refractivity (Wildman–Crippen MR) is 104 cm³/mol. The molecule has 1 amide bonds. The molecule has 1 aromatic carbocycles. The maximum atomic E-state index is 12.2. The van der Waals surface area contributed by atoms with Gasteiger partial charge in [0.2, 0.25) is 0 Å². The molecule has 0 saturated heterocycles. The van der Waals surface area contributed by atoms with Crippen molar-refractivity contribution in [2.45, 2.75) is 78.1 Å². The minimum Gasteiger partial charge on any atom is -0.502 e.